The molecular formula is C13H15BrN4O. The second kappa shape index (κ2) is 5.44. The fourth-order valence-corrected chi connectivity index (χ4v) is 2.19. The number of hydrogen-bond acceptors (Lipinski definition) is 3. The number of halogens is 1. The molecule has 5 nitrogen and oxygen atoms in total. The molecular weight excluding hydrogens is 308 g/mol. The van der Waals surface area contributed by atoms with Gasteiger partial charge in [-0.3, -0.25) is 10.1 Å². The molecule has 1 aromatic heterocycles. The Labute approximate surface area is 120 Å². The molecule has 0 amide bonds. The van der Waals surface area contributed by atoms with Crippen molar-refractivity contribution >= 4 is 21.8 Å². The number of rotatable bonds is 4. The third-order valence-electron chi connectivity index (χ3n) is 2.78. The largest absolute Gasteiger partial charge is 0.487 e. The van der Waals surface area contributed by atoms with E-state index in [1.165, 1.54) is 0 Å². The van der Waals surface area contributed by atoms with Gasteiger partial charge in [-0.2, -0.15) is 5.10 Å². The molecule has 0 aliphatic rings. The van der Waals surface area contributed by atoms with E-state index < -0.39 is 0 Å². The van der Waals surface area contributed by atoms with Crippen LogP contribution in [0.5, 0.6) is 5.75 Å². The first-order valence-corrected chi connectivity index (χ1v) is 6.53. The molecule has 0 atom stereocenters. The van der Waals surface area contributed by atoms with Gasteiger partial charge in [0.15, 0.2) is 0 Å². The van der Waals surface area contributed by atoms with Crippen molar-refractivity contribution in [3.8, 4) is 5.75 Å². The second-order valence-corrected chi connectivity index (χ2v) is 4.99. The van der Waals surface area contributed by atoms with Crippen LogP contribution in [0.4, 0.5) is 0 Å². The van der Waals surface area contributed by atoms with Crippen LogP contribution in [0.15, 0.2) is 28.7 Å². The van der Waals surface area contributed by atoms with Crippen LogP contribution in [0.2, 0.25) is 0 Å². The SMILES string of the molecule is Cc1nn(C)c(COc2cccc(C(=N)N)c2)c1Br. The van der Waals surface area contributed by atoms with Crippen LogP contribution in [0.1, 0.15) is 17.0 Å². The number of nitrogens with zero attached hydrogens (tertiary/aromatic N) is 2. The highest BCUT2D eigenvalue weighted by Crippen LogP contribution is 2.22. The molecule has 2 aromatic rings. The minimum Gasteiger partial charge on any atom is -0.487 e. The van der Waals surface area contributed by atoms with E-state index in [0.717, 1.165) is 15.9 Å². The van der Waals surface area contributed by atoms with Gasteiger partial charge in [-0.15, -0.1) is 0 Å². The second-order valence-electron chi connectivity index (χ2n) is 4.20. The first kappa shape index (κ1) is 13.6. The molecule has 19 heavy (non-hydrogen) atoms. The molecule has 3 N–H and O–H groups in total. The van der Waals surface area contributed by atoms with E-state index in [1.54, 1.807) is 16.8 Å². The van der Waals surface area contributed by atoms with Crippen molar-refractivity contribution in [2.24, 2.45) is 12.8 Å². The summed E-state index contributed by atoms with van der Waals surface area (Å²) in [5.41, 5.74) is 7.99. The predicted octanol–water partition coefficient (Wildman–Crippen LogP) is 2.35. The number of benzene rings is 1. The number of aromatic nitrogens is 2. The summed E-state index contributed by atoms with van der Waals surface area (Å²) in [4.78, 5) is 0. The van der Waals surface area contributed by atoms with Gasteiger partial charge in [0.1, 0.15) is 18.2 Å². The highest BCUT2D eigenvalue weighted by Gasteiger charge is 2.11. The lowest BCUT2D eigenvalue weighted by Crippen LogP contribution is -2.11. The molecule has 0 radical (unpaired) electrons. The lowest BCUT2D eigenvalue weighted by atomic mass is 10.2. The van der Waals surface area contributed by atoms with E-state index in [9.17, 15) is 0 Å². The lowest BCUT2D eigenvalue weighted by molar-refractivity contribution is 0.294. The van der Waals surface area contributed by atoms with E-state index in [4.69, 9.17) is 15.9 Å². The van der Waals surface area contributed by atoms with Crippen molar-refractivity contribution in [2.75, 3.05) is 0 Å². The van der Waals surface area contributed by atoms with E-state index in [-0.39, 0.29) is 5.84 Å². The number of nitrogens with one attached hydrogen (secondary N) is 1. The number of hydrogen-bond donors (Lipinski definition) is 2. The van der Waals surface area contributed by atoms with E-state index in [0.29, 0.717) is 17.9 Å². The van der Waals surface area contributed by atoms with Crippen LogP contribution < -0.4 is 10.5 Å². The first-order valence-electron chi connectivity index (χ1n) is 5.74. The molecule has 100 valence electrons. The fraction of sp³-hybridized carbons (Fsp3) is 0.231. The smallest absolute Gasteiger partial charge is 0.131 e. The number of ether oxygens (including phenoxy) is 1. The van der Waals surface area contributed by atoms with E-state index in [1.807, 2.05) is 26.1 Å². The number of nitrogen functional groups attached to an aromatic ring is 1. The maximum atomic E-state index is 7.40. The van der Waals surface area contributed by atoms with E-state index in [2.05, 4.69) is 21.0 Å². The molecule has 1 aromatic carbocycles. The van der Waals surface area contributed by atoms with Crippen molar-refractivity contribution in [1.29, 1.82) is 5.41 Å². The molecule has 0 saturated carbocycles. The molecule has 6 heteroatoms. The van der Waals surface area contributed by atoms with Crippen molar-refractivity contribution in [2.45, 2.75) is 13.5 Å². The average Bonchev–Trinajstić information content (AvgIpc) is 2.61. The van der Waals surface area contributed by atoms with Gasteiger partial charge in [0, 0.05) is 12.6 Å². The van der Waals surface area contributed by atoms with Gasteiger partial charge in [0.25, 0.3) is 0 Å². The predicted molar refractivity (Wildman–Crippen MR) is 77.4 cm³/mol. The lowest BCUT2D eigenvalue weighted by Gasteiger charge is -2.08. The molecule has 0 bridgehead atoms. The number of aryl methyl sites for hydroxylation is 2. The third-order valence-corrected chi connectivity index (χ3v) is 3.81. The average molecular weight is 323 g/mol. The van der Waals surface area contributed by atoms with Gasteiger partial charge in [0.2, 0.25) is 0 Å². The minimum atomic E-state index is 0.0306. The van der Waals surface area contributed by atoms with Crippen LogP contribution >= 0.6 is 15.9 Å². The summed E-state index contributed by atoms with van der Waals surface area (Å²) >= 11 is 3.49. The Kier molecular flexibility index (Phi) is 3.90. The minimum absolute atomic E-state index is 0.0306. The van der Waals surface area contributed by atoms with Crippen molar-refractivity contribution < 1.29 is 4.74 Å². The van der Waals surface area contributed by atoms with Crippen molar-refractivity contribution in [3.05, 3.63) is 45.7 Å². The molecule has 0 aliphatic heterocycles. The highest BCUT2D eigenvalue weighted by atomic mass is 79.9. The van der Waals surface area contributed by atoms with Crippen LogP contribution in [0, 0.1) is 12.3 Å². The molecule has 2 rings (SSSR count). The fourth-order valence-electron chi connectivity index (χ4n) is 1.74. The summed E-state index contributed by atoms with van der Waals surface area (Å²) in [5, 5.41) is 11.7. The van der Waals surface area contributed by atoms with Gasteiger partial charge in [-0.05, 0) is 35.0 Å². The molecule has 1 heterocycles. The third kappa shape index (κ3) is 2.96. The quantitative estimate of drug-likeness (QED) is 0.670. The standard InChI is InChI=1S/C13H15BrN4O/c1-8-12(14)11(18(2)17-8)7-19-10-5-3-4-9(6-10)13(15)16/h3-6H,7H2,1-2H3,(H3,15,16). The summed E-state index contributed by atoms with van der Waals surface area (Å²) in [6.07, 6.45) is 0. The Hall–Kier alpha value is -1.82. The van der Waals surface area contributed by atoms with E-state index >= 15 is 0 Å². The number of nitrogens with two attached hydrogens (primary N) is 1. The summed E-state index contributed by atoms with van der Waals surface area (Å²) in [7, 11) is 1.88. The molecule has 0 aliphatic carbocycles. The Balaban J connectivity index is 2.14. The molecule has 0 saturated heterocycles. The summed E-state index contributed by atoms with van der Waals surface area (Å²) in [5.74, 6) is 0.710. The van der Waals surface area contributed by atoms with Crippen LogP contribution in [-0.2, 0) is 13.7 Å². The van der Waals surface area contributed by atoms with Gasteiger partial charge in [-0.1, -0.05) is 12.1 Å². The maximum absolute atomic E-state index is 7.40. The number of amidine groups is 1. The normalized spacial score (nSPS) is 10.5. The summed E-state index contributed by atoms with van der Waals surface area (Å²) < 4.78 is 8.46. The zero-order valence-electron chi connectivity index (χ0n) is 10.8. The Bertz CT molecular complexity index is 621. The van der Waals surface area contributed by atoms with Gasteiger partial charge in [0.05, 0.1) is 15.9 Å². The molecule has 0 fully saturated rings. The van der Waals surface area contributed by atoms with Crippen molar-refractivity contribution in [3.63, 3.8) is 0 Å². The first-order chi connectivity index (χ1) is 8.99. The van der Waals surface area contributed by atoms with Gasteiger partial charge >= 0.3 is 0 Å². The molecule has 0 spiro atoms. The van der Waals surface area contributed by atoms with Gasteiger partial charge in [-0.25, -0.2) is 0 Å². The summed E-state index contributed by atoms with van der Waals surface area (Å²) in [6, 6.07) is 7.18. The molecule has 0 unspecified atom stereocenters. The topological polar surface area (TPSA) is 76.9 Å². The Morgan fingerprint density at radius 1 is 1.53 bits per heavy atom. The maximum Gasteiger partial charge on any atom is 0.131 e. The Morgan fingerprint density at radius 3 is 2.84 bits per heavy atom. The monoisotopic (exact) mass is 322 g/mol. The van der Waals surface area contributed by atoms with Crippen LogP contribution in [0.25, 0.3) is 0 Å². The zero-order valence-corrected chi connectivity index (χ0v) is 12.4. The highest BCUT2D eigenvalue weighted by molar-refractivity contribution is 9.10. The van der Waals surface area contributed by atoms with Crippen LogP contribution in [-0.4, -0.2) is 15.6 Å². The Morgan fingerprint density at radius 2 is 2.26 bits per heavy atom. The van der Waals surface area contributed by atoms with Crippen molar-refractivity contribution in [1.82, 2.24) is 9.78 Å². The summed E-state index contributed by atoms with van der Waals surface area (Å²) in [6.45, 7) is 2.34. The van der Waals surface area contributed by atoms with Gasteiger partial charge < -0.3 is 10.5 Å². The van der Waals surface area contributed by atoms with Crippen LogP contribution in [0.3, 0.4) is 0 Å². The zero-order chi connectivity index (χ0) is 14.0.